The molecule has 0 aromatic heterocycles. The van der Waals surface area contributed by atoms with E-state index in [0.717, 1.165) is 19.3 Å². The predicted octanol–water partition coefficient (Wildman–Crippen LogP) is 2.88. The lowest BCUT2D eigenvalue weighted by molar-refractivity contribution is 0.152. The van der Waals surface area contributed by atoms with Crippen molar-refractivity contribution in [2.24, 2.45) is 0 Å². The first-order valence-electron chi connectivity index (χ1n) is 5.30. The number of hydrogen-bond acceptors (Lipinski definition) is 3. The summed E-state index contributed by atoms with van der Waals surface area (Å²) in [6.07, 6.45) is 3.27. The van der Waals surface area contributed by atoms with Crippen LogP contribution in [0.15, 0.2) is 0 Å². The van der Waals surface area contributed by atoms with E-state index in [1.54, 1.807) is 4.67 Å². The first kappa shape index (κ1) is 14.3. The lowest BCUT2D eigenvalue weighted by Gasteiger charge is -2.41. The van der Waals surface area contributed by atoms with Gasteiger partial charge in [-0.15, -0.1) is 0 Å². The van der Waals surface area contributed by atoms with Crippen LogP contribution in [-0.4, -0.2) is 26.0 Å². The molecule has 0 atom stereocenters. The van der Waals surface area contributed by atoms with E-state index >= 15 is 0 Å². The molecule has 0 unspecified atom stereocenters. The van der Waals surface area contributed by atoms with E-state index < -0.39 is 8.53 Å². The molecule has 0 rings (SSSR count). The highest BCUT2D eigenvalue weighted by atomic mass is 31.2. The molecule has 0 aromatic carbocycles. The van der Waals surface area contributed by atoms with Gasteiger partial charge >= 0.3 is 0 Å². The third-order valence-corrected chi connectivity index (χ3v) is 3.83. The third-order valence-electron chi connectivity index (χ3n) is 2.44. The molecule has 0 saturated heterocycles. The Morgan fingerprint density at radius 3 is 2.07 bits per heavy atom. The number of unbranched alkanes of at least 4 members (excludes halogenated alkanes) is 1. The molecule has 0 aromatic rings. The fourth-order valence-corrected chi connectivity index (χ4v) is 2.87. The van der Waals surface area contributed by atoms with Gasteiger partial charge in [-0.05, 0) is 34.1 Å². The molecule has 3 nitrogen and oxygen atoms in total. The Hall–Kier alpha value is 0.310. The van der Waals surface area contributed by atoms with Crippen LogP contribution in [0.1, 0.15) is 53.9 Å². The van der Waals surface area contributed by atoms with Crippen LogP contribution in [0.2, 0.25) is 0 Å². The normalized spacial score (nSPS) is 13.3. The molecule has 4 heteroatoms. The minimum Gasteiger partial charge on any atom is -0.338 e. The number of nitrogens with zero attached hydrogens (tertiary/aromatic N) is 1. The molecule has 0 aliphatic heterocycles. The maximum absolute atomic E-state index is 9.36. The van der Waals surface area contributed by atoms with Gasteiger partial charge in [0.2, 0.25) is 0 Å². The summed E-state index contributed by atoms with van der Waals surface area (Å²) in [5.74, 6) is 0. The summed E-state index contributed by atoms with van der Waals surface area (Å²) in [6, 6.07) is 0.169. The van der Waals surface area contributed by atoms with Crippen LogP contribution in [-0.2, 0) is 0 Å². The van der Waals surface area contributed by atoms with Gasteiger partial charge in [0.25, 0.3) is 8.53 Å². The Kier molecular flexibility index (Phi) is 6.15. The van der Waals surface area contributed by atoms with Crippen LogP contribution in [0.3, 0.4) is 0 Å². The monoisotopic (exact) mass is 221 g/mol. The molecule has 0 saturated carbocycles. The molecule has 0 amide bonds. The van der Waals surface area contributed by atoms with Crippen molar-refractivity contribution in [2.45, 2.75) is 65.5 Å². The maximum atomic E-state index is 9.36. The zero-order chi connectivity index (χ0) is 11.4. The van der Waals surface area contributed by atoms with Crippen LogP contribution in [0.25, 0.3) is 0 Å². The minimum atomic E-state index is -1.97. The van der Waals surface area contributed by atoms with Gasteiger partial charge in [0, 0.05) is 11.6 Å². The summed E-state index contributed by atoms with van der Waals surface area (Å²) < 4.78 is 1.80. The fourth-order valence-electron chi connectivity index (χ4n) is 1.87. The summed E-state index contributed by atoms with van der Waals surface area (Å²) in [7, 11) is -1.97. The summed E-state index contributed by atoms with van der Waals surface area (Å²) in [4.78, 5) is 18.7. The Bertz CT molecular complexity index is 152. The second kappa shape index (κ2) is 6.02. The standard InChI is InChI=1S/C10H24NO2P/c1-6-7-8-10(4,5)11(9(2)3)14(12)13/h9,12-13H,6-8H2,1-5H3. The summed E-state index contributed by atoms with van der Waals surface area (Å²) >= 11 is 0. The van der Waals surface area contributed by atoms with Gasteiger partial charge < -0.3 is 9.79 Å². The van der Waals surface area contributed by atoms with Gasteiger partial charge in [0.1, 0.15) is 0 Å². The average Bonchev–Trinajstić information content (AvgIpc) is 1.98. The molecule has 14 heavy (non-hydrogen) atoms. The van der Waals surface area contributed by atoms with Crippen molar-refractivity contribution in [1.82, 2.24) is 4.67 Å². The molecule has 0 aliphatic carbocycles. The molecule has 0 radical (unpaired) electrons. The molecule has 0 heterocycles. The van der Waals surface area contributed by atoms with Gasteiger partial charge in [-0.3, -0.25) is 0 Å². The SMILES string of the molecule is CCCCC(C)(C)N(C(C)C)P(O)O. The Labute approximate surface area is 89.1 Å². The first-order chi connectivity index (χ1) is 6.33. The second-order valence-electron chi connectivity index (χ2n) is 4.62. The topological polar surface area (TPSA) is 43.7 Å². The van der Waals surface area contributed by atoms with Crippen molar-refractivity contribution in [3.05, 3.63) is 0 Å². The summed E-state index contributed by atoms with van der Waals surface area (Å²) in [6.45, 7) is 10.3. The molecule has 0 fully saturated rings. The van der Waals surface area contributed by atoms with E-state index in [1.165, 1.54) is 0 Å². The molecule has 0 bridgehead atoms. The molecule has 2 N–H and O–H groups in total. The van der Waals surface area contributed by atoms with E-state index in [4.69, 9.17) is 0 Å². The molecular formula is C10H24NO2P. The van der Waals surface area contributed by atoms with Crippen molar-refractivity contribution >= 4 is 8.53 Å². The van der Waals surface area contributed by atoms with Crippen LogP contribution in [0, 0.1) is 0 Å². The van der Waals surface area contributed by atoms with Gasteiger partial charge in [-0.25, -0.2) is 4.67 Å². The Morgan fingerprint density at radius 1 is 1.29 bits per heavy atom. The predicted molar refractivity (Wildman–Crippen MR) is 61.9 cm³/mol. The molecule has 0 spiro atoms. The highest BCUT2D eigenvalue weighted by Crippen LogP contribution is 2.41. The van der Waals surface area contributed by atoms with E-state index in [-0.39, 0.29) is 11.6 Å². The average molecular weight is 221 g/mol. The van der Waals surface area contributed by atoms with Gasteiger partial charge in [0.15, 0.2) is 0 Å². The van der Waals surface area contributed by atoms with Crippen molar-refractivity contribution < 1.29 is 9.79 Å². The van der Waals surface area contributed by atoms with Gasteiger partial charge in [0.05, 0.1) is 0 Å². The Morgan fingerprint density at radius 2 is 1.79 bits per heavy atom. The van der Waals surface area contributed by atoms with Crippen LogP contribution < -0.4 is 0 Å². The molecule has 0 aliphatic rings. The second-order valence-corrected chi connectivity index (χ2v) is 5.59. The fraction of sp³-hybridized carbons (Fsp3) is 1.00. The van der Waals surface area contributed by atoms with Crippen molar-refractivity contribution in [3.63, 3.8) is 0 Å². The van der Waals surface area contributed by atoms with Crippen LogP contribution in [0.5, 0.6) is 0 Å². The lowest BCUT2D eigenvalue weighted by atomic mass is 9.96. The van der Waals surface area contributed by atoms with E-state index in [9.17, 15) is 9.79 Å². The zero-order valence-corrected chi connectivity index (χ0v) is 10.9. The quantitative estimate of drug-likeness (QED) is 0.678. The lowest BCUT2D eigenvalue weighted by Crippen LogP contribution is -2.44. The molecule has 86 valence electrons. The van der Waals surface area contributed by atoms with Crippen molar-refractivity contribution in [2.75, 3.05) is 0 Å². The van der Waals surface area contributed by atoms with E-state index in [0.29, 0.717) is 0 Å². The van der Waals surface area contributed by atoms with Crippen LogP contribution in [0.4, 0.5) is 0 Å². The highest BCUT2D eigenvalue weighted by molar-refractivity contribution is 7.42. The Balaban J connectivity index is 4.45. The molecular weight excluding hydrogens is 197 g/mol. The maximum Gasteiger partial charge on any atom is 0.253 e. The van der Waals surface area contributed by atoms with E-state index in [1.807, 2.05) is 13.8 Å². The third kappa shape index (κ3) is 4.22. The number of rotatable bonds is 6. The van der Waals surface area contributed by atoms with Gasteiger partial charge in [-0.2, -0.15) is 0 Å². The summed E-state index contributed by atoms with van der Waals surface area (Å²) in [5, 5.41) is 0. The first-order valence-corrected chi connectivity index (χ1v) is 6.50. The summed E-state index contributed by atoms with van der Waals surface area (Å²) in [5.41, 5.74) is -0.126. The zero-order valence-electron chi connectivity index (χ0n) is 9.99. The van der Waals surface area contributed by atoms with Crippen molar-refractivity contribution in [3.8, 4) is 0 Å². The smallest absolute Gasteiger partial charge is 0.253 e. The highest BCUT2D eigenvalue weighted by Gasteiger charge is 2.33. The van der Waals surface area contributed by atoms with Crippen LogP contribution >= 0.6 is 8.53 Å². The van der Waals surface area contributed by atoms with Gasteiger partial charge in [-0.1, -0.05) is 19.8 Å². The minimum absolute atomic E-state index is 0.126. The van der Waals surface area contributed by atoms with E-state index in [2.05, 4.69) is 20.8 Å². The number of hydrogen-bond donors (Lipinski definition) is 2. The largest absolute Gasteiger partial charge is 0.338 e. The van der Waals surface area contributed by atoms with Crippen molar-refractivity contribution in [1.29, 1.82) is 0 Å².